The second-order valence-electron chi connectivity index (χ2n) is 10.7. The summed E-state index contributed by atoms with van der Waals surface area (Å²) in [4.78, 5) is 21.3. The molecule has 0 spiro atoms. The Morgan fingerprint density at radius 2 is 2.00 bits per heavy atom. The molecule has 0 radical (unpaired) electrons. The molecule has 7 heteroatoms. The molecule has 7 nitrogen and oxygen atoms in total. The molecule has 4 heterocycles. The van der Waals surface area contributed by atoms with Crippen molar-refractivity contribution in [1.82, 2.24) is 24.5 Å². The topological polar surface area (TPSA) is 86.5 Å². The van der Waals surface area contributed by atoms with Crippen LogP contribution in [0.1, 0.15) is 63.1 Å². The van der Waals surface area contributed by atoms with Crippen LogP contribution in [0.5, 0.6) is 0 Å². The third-order valence-corrected chi connectivity index (χ3v) is 6.96. The van der Waals surface area contributed by atoms with Crippen molar-refractivity contribution in [3.8, 4) is 11.3 Å². The Kier molecular flexibility index (Phi) is 4.78. The number of H-pyrrole nitrogens is 1. The molecule has 2 atom stereocenters. The van der Waals surface area contributed by atoms with Crippen molar-refractivity contribution < 1.29 is 9.90 Å². The number of aromatic amines is 1. The number of amides is 1. The monoisotopic (exact) mass is 445 g/mol. The second-order valence-corrected chi connectivity index (χ2v) is 10.7. The van der Waals surface area contributed by atoms with Crippen LogP contribution in [0.2, 0.25) is 0 Å². The number of carbonyl (C=O) groups is 1. The summed E-state index contributed by atoms with van der Waals surface area (Å²) in [6, 6.07) is 8.69. The van der Waals surface area contributed by atoms with Crippen LogP contribution in [0.4, 0.5) is 4.79 Å². The first-order valence-corrected chi connectivity index (χ1v) is 11.5. The van der Waals surface area contributed by atoms with E-state index in [2.05, 4.69) is 80.9 Å². The molecule has 33 heavy (non-hydrogen) atoms. The number of nitrogens with zero attached hydrogens (tertiary/aromatic N) is 4. The summed E-state index contributed by atoms with van der Waals surface area (Å²) in [6.45, 7) is 13.4. The first-order valence-electron chi connectivity index (χ1n) is 11.5. The van der Waals surface area contributed by atoms with Gasteiger partial charge >= 0.3 is 6.09 Å². The molecule has 1 saturated heterocycles. The molecule has 1 amide bonds. The van der Waals surface area contributed by atoms with Crippen LogP contribution in [0.3, 0.4) is 0 Å². The molecule has 0 aliphatic carbocycles. The van der Waals surface area contributed by atoms with Gasteiger partial charge in [0.1, 0.15) is 6.33 Å². The molecule has 2 N–H and O–H groups in total. The molecule has 0 bridgehead atoms. The fourth-order valence-corrected chi connectivity index (χ4v) is 5.58. The maximum Gasteiger partial charge on any atom is 0.407 e. The van der Waals surface area contributed by atoms with E-state index in [4.69, 9.17) is 0 Å². The lowest BCUT2D eigenvalue weighted by Crippen LogP contribution is -2.62. The minimum Gasteiger partial charge on any atom is -0.465 e. The zero-order valence-corrected chi connectivity index (χ0v) is 20.0. The van der Waals surface area contributed by atoms with Crippen LogP contribution in [-0.4, -0.2) is 48.3 Å². The maximum atomic E-state index is 11.7. The summed E-state index contributed by atoms with van der Waals surface area (Å²) in [5.74, 6) is 0.503. The number of hydrogen-bond acceptors (Lipinski definition) is 3. The Balaban J connectivity index is 1.63. The Bertz CT molecular complexity index is 1370. The smallest absolute Gasteiger partial charge is 0.407 e. The highest BCUT2D eigenvalue weighted by Gasteiger charge is 2.48. The fraction of sp³-hybridized carbons (Fsp3) is 0.423. The fourth-order valence-electron chi connectivity index (χ4n) is 5.58. The number of nitrogens with one attached hydrogen (secondary N) is 1. The molecule has 1 aliphatic rings. The minimum atomic E-state index is -0.835. The molecule has 2 unspecified atom stereocenters. The number of fused-ring (bicyclic) bond motifs is 2. The number of carboxylic acid groups (broad SMARTS) is 1. The van der Waals surface area contributed by atoms with Gasteiger partial charge in [-0.3, -0.25) is 0 Å². The van der Waals surface area contributed by atoms with Crippen LogP contribution in [-0.2, 0) is 0 Å². The standard InChI is InChI=1S/C26H31N5O2/c1-14(2)21-18-10-16(19-12-30(25(32)33)23(19)26(4,5)6)7-8-20(18)29-22(21)17-9-15(3)24-27-13-28-31(24)11-17/h7-11,13-14,19,23,29H,12H2,1-6H3,(H,32,33). The highest BCUT2D eigenvalue weighted by atomic mass is 16.4. The summed E-state index contributed by atoms with van der Waals surface area (Å²) in [5, 5.41) is 15.2. The van der Waals surface area contributed by atoms with Crippen LogP contribution < -0.4 is 0 Å². The number of hydrogen-bond donors (Lipinski definition) is 2. The second kappa shape index (κ2) is 7.33. The normalized spacial score (nSPS) is 18.9. The highest BCUT2D eigenvalue weighted by Crippen LogP contribution is 2.45. The molecule has 172 valence electrons. The van der Waals surface area contributed by atoms with Crippen LogP contribution >= 0.6 is 0 Å². The molecule has 5 rings (SSSR count). The zero-order chi connectivity index (χ0) is 23.7. The first kappa shape index (κ1) is 21.5. The molecule has 4 aromatic rings. The lowest BCUT2D eigenvalue weighted by molar-refractivity contribution is -0.00157. The van der Waals surface area contributed by atoms with Crippen molar-refractivity contribution in [3.05, 3.63) is 53.5 Å². The van der Waals surface area contributed by atoms with Gasteiger partial charge in [-0.25, -0.2) is 14.3 Å². The lowest BCUT2D eigenvalue weighted by atomic mass is 9.69. The van der Waals surface area contributed by atoms with Gasteiger partial charge in [0.15, 0.2) is 5.65 Å². The van der Waals surface area contributed by atoms with Crippen molar-refractivity contribution in [3.63, 3.8) is 0 Å². The quantitative estimate of drug-likeness (QED) is 0.417. The van der Waals surface area contributed by atoms with Gasteiger partial charge < -0.3 is 15.0 Å². The van der Waals surface area contributed by atoms with Crippen molar-refractivity contribution in [1.29, 1.82) is 0 Å². The largest absolute Gasteiger partial charge is 0.465 e. The predicted molar refractivity (Wildman–Crippen MR) is 130 cm³/mol. The van der Waals surface area contributed by atoms with E-state index in [9.17, 15) is 9.90 Å². The van der Waals surface area contributed by atoms with Gasteiger partial charge in [0, 0.05) is 41.2 Å². The van der Waals surface area contributed by atoms with E-state index in [0.29, 0.717) is 12.5 Å². The van der Waals surface area contributed by atoms with Crippen molar-refractivity contribution in [2.24, 2.45) is 5.41 Å². The van der Waals surface area contributed by atoms with Crippen LogP contribution in [0, 0.1) is 12.3 Å². The highest BCUT2D eigenvalue weighted by molar-refractivity contribution is 5.92. The van der Waals surface area contributed by atoms with Crippen molar-refractivity contribution in [2.45, 2.75) is 59.4 Å². The van der Waals surface area contributed by atoms with Gasteiger partial charge in [-0.2, -0.15) is 5.10 Å². The number of pyridine rings is 1. The molecule has 1 aliphatic heterocycles. The zero-order valence-electron chi connectivity index (χ0n) is 20.0. The number of benzene rings is 1. The van der Waals surface area contributed by atoms with E-state index >= 15 is 0 Å². The third-order valence-electron chi connectivity index (χ3n) is 6.96. The van der Waals surface area contributed by atoms with Crippen LogP contribution in [0.25, 0.3) is 27.8 Å². The average Bonchev–Trinajstić information content (AvgIpc) is 3.29. The lowest BCUT2D eigenvalue weighted by Gasteiger charge is -2.53. The third kappa shape index (κ3) is 3.37. The predicted octanol–water partition coefficient (Wildman–Crippen LogP) is 5.80. The molecular formula is C26H31N5O2. The number of rotatable bonds is 3. The molecular weight excluding hydrogens is 414 g/mol. The summed E-state index contributed by atoms with van der Waals surface area (Å²) >= 11 is 0. The van der Waals surface area contributed by atoms with E-state index < -0.39 is 6.09 Å². The van der Waals surface area contributed by atoms with Crippen molar-refractivity contribution in [2.75, 3.05) is 6.54 Å². The molecule has 1 fully saturated rings. The Labute approximate surface area is 193 Å². The van der Waals surface area contributed by atoms with E-state index in [-0.39, 0.29) is 17.4 Å². The number of aryl methyl sites for hydroxylation is 1. The van der Waals surface area contributed by atoms with E-state index in [1.54, 1.807) is 11.2 Å². The minimum absolute atomic E-state index is 0.0364. The van der Waals surface area contributed by atoms with Crippen LogP contribution in [0.15, 0.2) is 36.8 Å². The summed E-state index contributed by atoms with van der Waals surface area (Å²) in [6.07, 6.45) is 2.77. The Morgan fingerprint density at radius 3 is 2.67 bits per heavy atom. The van der Waals surface area contributed by atoms with Gasteiger partial charge in [-0.1, -0.05) is 40.7 Å². The SMILES string of the molecule is Cc1cc(-c2[nH]c3ccc(C4CN(C(=O)O)C4C(C)(C)C)cc3c2C(C)C)cn2ncnc12. The van der Waals surface area contributed by atoms with Gasteiger partial charge in [-0.15, -0.1) is 0 Å². The number of aromatic nitrogens is 4. The molecule has 0 saturated carbocycles. The van der Waals surface area contributed by atoms with E-state index in [1.165, 1.54) is 16.5 Å². The molecule has 1 aromatic carbocycles. The first-order chi connectivity index (χ1) is 15.6. The number of likely N-dealkylation sites (tertiary alicyclic amines) is 1. The summed E-state index contributed by atoms with van der Waals surface area (Å²) < 4.78 is 1.83. The summed E-state index contributed by atoms with van der Waals surface area (Å²) in [5.41, 5.74) is 7.56. The molecule has 3 aromatic heterocycles. The Hall–Kier alpha value is -3.35. The van der Waals surface area contributed by atoms with E-state index in [1.807, 2.05) is 10.7 Å². The maximum absolute atomic E-state index is 11.7. The summed E-state index contributed by atoms with van der Waals surface area (Å²) in [7, 11) is 0. The van der Waals surface area contributed by atoms with Gasteiger partial charge in [0.2, 0.25) is 0 Å². The van der Waals surface area contributed by atoms with Crippen molar-refractivity contribution >= 4 is 22.6 Å². The van der Waals surface area contributed by atoms with E-state index in [0.717, 1.165) is 28.0 Å². The van der Waals surface area contributed by atoms with Gasteiger partial charge in [0.25, 0.3) is 0 Å². The average molecular weight is 446 g/mol. The van der Waals surface area contributed by atoms with Gasteiger partial charge in [0.05, 0.1) is 5.69 Å². The van der Waals surface area contributed by atoms with Gasteiger partial charge in [-0.05, 0) is 53.1 Å². The Morgan fingerprint density at radius 1 is 1.24 bits per heavy atom.